The van der Waals surface area contributed by atoms with E-state index in [0.717, 1.165) is 23.1 Å². The lowest BCUT2D eigenvalue weighted by atomic mass is 10.4. The molecule has 0 atom stereocenters. The quantitative estimate of drug-likeness (QED) is 0.851. The molecule has 0 bridgehead atoms. The molecule has 2 N–H and O–H groups in total. The Hall–Kier alpha value is -1.69. The van der Waals surface area contributed by atoms with Crippen molar-refractivity contribution in [3.05, 3.63) is 28.3 Å². The zero-order valence-corrected chi connectivity index (χ0v) is 10.7. The third-order valence-corrected chi connectivity index (χ3v) is 2.93. The zero-order chi connectivity index (χ0) is 12.1. The second-order valence-electron chi connectivity index (χ2n) is 3.51. The molecule has 2 aromatic rings. The van der Waals surface area contributed by atoms with Gasteiger partial charge in [-0.1, -0.05) is 0 Å². The molecule has 0 amide bonds. The maximum absolute atomic E-state index is 4.38. The van der Waals surface area contributed by atoms with E-state index in [1.54, 1.807) is 17.5 Å². The van der Waals surface area contributed by atoms with Crippen LogP contribution >= 0.6 is 11.3 Å². The predicted octanol–water partition coefficient (Wildman–Crippen LogP) is 2.29. The highest BCUT2D eigenvalue weighted by atomic mass is 32.1. The first-order chi connectivity index (χ1) is 8.28. The van der Waals surface area contributed by atoms with Gasteiger partial charge in [-0.2, -0.15) is 4.98 Å². The van der Waals surface area contributed by atoms with Gasteiger partial charge in [0.05, 0.1) is 17.2 Å². The molecule has 0 radical (unpaired) electrons. The molecule has 2 heterocycles. The molecule has 0 saturated heterocycles. The summed E-state index contributed by atoms with van der Waals surface area (Å²) in [5, 5.41) is 9.43. The molecule has 2 rings (SSSR count). The maximum Gasteiger partial charge on any atom is 0.224 e. The number of nitrogens with zero attached hydrogens (tertiary/aromatic N) is 3. The molecule has 0 aromatic carbocycles. The summed E-state index contributed by atoms with van der Waals surface area (Å²) in [4.78, 5) is 12.8. The third kappa shape index (κ3) is 3.39. The summed E-state index contributed by atoms with van der Waals surface area (Å²) in [5.41, 5.74) is 1.04. The largest absolute Gasteiger partial charge is 0.364 e. The molecular weight excluding hydrogens is 234 g/mol. The normalized spacial score (nSPS) is 10.2. The second-order valence-corrected chi connectivity index (χ2v) is 4.57. The summed E-state index contributed by atoms with van der Waals surface area (Å²) in [6.45, 7) is 5.52. The zero-order valence-electron chi connectivity index (χ0n) is 9.90. The molecule has 0 spiro atoms. The molecule has 6 heteroatoms. The average Bonchev–Trinajstić information content (AvgIpc) is 2.74. The monoisotopic (exact) mass is 249 g/mol. The molecule has 0 aliphatic rings. The Bertz CT molecular complexity index is 482. The van der Waals surface area contributed by atoms with E-state index < -0.39 is 0 Å². The van der Waals surface area contributed by atoms with Crippen LogP contribution in [-0.4, -0.2) is 21.5 Å². The Labute approximate surface area is 104 Å². The smallest absolute Gasteiger partial charge is 0.224 e. The Kier molecular flexibility index (Phi) is 3.87. The van der Waals surface area contributed by atoms with Crippen molar-refractivity contribution in [2.45, 2.75) is 20.4 Å². The number of hydrogen-bond acceptors (Lipinski definition) is 6. The van der Waals surface area contributed by atoms with Crippen molar-refractivity contribution in [3.63, 3.8) is 0 Å². The van der Waals surface area contributed by atoms with Crippen molar-refractivity contribution < 1.29 is 0 Å². The predicted molar refractivity (Wildman–Crippen MR) is 70.4 cm³/mol. The number of thiazole rings is 1. The average molecular weight is 249 g/mol. The molecule has 0 fully saturated rings. The van der Waals surface area contributed by atoms with E-state index >= 15 is 0 Å². The van der Waals surface area contributed by atoms with Gasteiger partial charge in [0.25, 0.3) is 0 Å². The van der Waals surface area contributed by atoms with Crippen LogP contribution in [0, 0.1) is 6.92 Å². The molecule has 0 aliphatic heterocycles. The lowest BCUT2D eigenvalue weighted by Gasteiger charge is -2.05. The molecule has 0 unspecified atom stereocenters. The summed E-state index contributed by atoms with van der Waals surface area (Å²) in [7, 11) is 0. The van der Waals surface area contributed by atoms with Gasteiger partial charge in [0.2, 0.25) is 5.95 Å². The Morgan fingerprint density at radius 3 is 2.88 bits per heavy atom. The van der Waals surface area contributed by atoms with E-state index in [9.17, 15) is 0 Å². The first-order valence-electron chi connectivity index (χ1n) is 5.49. The van der Waals surface area contributed by atoms with Crippen LogP contribution in [0.25, 0.3) is 0 Å². The molecule has 2 aromatic heterocycles. The van der Waals surface area contributed by atoms with Gasteiger partial charge in [0.1, 0.15) is 5.82 Å². The fourth-order valence-electron chi connectivity index (χ4n) is 1.37. The molecule has 0 saturated carbocycles. The highest BCUT2D eigenvalue weighted by molar-refractivity contribution is 7.09. The fraction of sp³-hybridized carbons (Fsp3) is 0.364. The van der Waals surface area contributed by atoms with Crippen LogP contribution in [0.5, 0.6) is 0 Å². The summed E-state index contributed by atoms with van der Waals surface area (Å²) >= 11 is 1.65. The van der Waals surface area contributed by atoms with Crippen LogP contribution in [0.15, 0.2) is 17.6 Å². The van der Waals surface area contributed by atoms with Crippen molar-refractivity contribution in [2.24, 2.45) is 0 Å². The highest BCUT2D eigenvalue weighted by Gasteiger charge is 2.00. The third-order valence-electron chi connectivity index (χ3n) is 2.11. The van der Waals surface area contributed by atoms with Crippen molar-refractivity contribution in [3.8, 4) is 0 Å². The van der Waals surface area contributed by atoms with Gasteiger partial charge in [0, 0.05) is 18.1 Å². The van der Waals surface area contributed by atoms with Crippen LogP contribution in [-0.2, 0) is 6.54 Å². The summed E-state index contributed by atoms with van der Waals surface area (Å²) < 4.78 is 0. The molecule has 5 nitrogen and oxygen atoms in total. The van der Waals surface area contributed by atoms with Gasteiger partial charge in [-0.15, -0.1) is 11.3 Å². The maximum atomic E-state index is 4.38. The summed E-state index contributed by atoms with van der Waals surface area (Å²) in [6.07, 6.45) is 1.74. The Morgan fingerprint density at radius 2 is 2.18 bits per heavy atom. The minimum Gasteiger partial charge on any atom is -0.364 e. The highest BCUT2D eigenvalue weighted by Crippen LogP contribution is 2.11. The van der Waals surface area contributed by atoms with Crippen LogP contribution in [0.4, 0.5) is 11.8 Å². The van der Waals surface area contributed by atoms with Crippen molar-refractivity contribution in [1.82, 2.24) is 15.0 Å². The number of rotatable bonds is 5. The van der Waals surface area contributed by atoms with Crippen LogP contribution < -0.4 is 10.6 Å². The number of anilines is 2. The van der Waals surface area contributed by atoms with Gasteiger partial charge < -0.3 is 10.6 Å². The molecule has 0 aliphatic carbocycles. The van der Waals surface area contributed by atoms with Gasteiger partial charge in [0.15, 0.2) is 0 Å². The van der Waals surface area contributed by atoms with Gasteiger partial charge in [-0.25, -0.2) is 9.97 Å². The van der Waals surface area contributed by atoms with E-state index in [4.69, 9.17) is 0 Å². The number of hydrogen-bond donors (Lipinski definition) is 2. The Balaban J connectivity index is 1.96. The Morgan fingerprint density at radius 1 is 1.29 bits per heavy atom. The molecule has 17 heavy (non-hydrogen) atoms. The van der Waals surface area contributed by atoms with E-state index in [0.29, 0.717) is 12.5 Å². The number of nitrogens with one attached hydrogen (secondary N) is 2. The number of aryl methyl sites for hydroxylation is 1. The van der Waals surface area contributed by atoms with Crippen LogP contribution in [0.1, 0.15) is 17.6 Å². The topological polar surface area (TPSA) is 62.7 Å². The van der Waals surface area contributed by atoms with Crippen molar-refractivity contribution in [1.29, 1.82) is 0 Å². The van der Waals surface area contributed by atoms with E-state index in [1.165, 1.54) is 0 Å². The van der Waals surface area contributed by atoms with Gasteiger partial charge in [-0.05, 0) is 19.9 Å². The van der Waals surface area contributed by atoms with E-state index in [2.05, 4.69) is 31.0 Å². The lowest BCUT2D eigenvalue weighted by Crippen LogP contribution is -2.06. The van der Waals surface area contributed by atoms with Crippen LogP contribution in [0.3, 0.4) is 0 Å². The minimum absolute atomic E-state index is 0.645. The fourth-order valence-corrected chi connectivity index (χ4v) is 1.98. The standard InChI is InChI=1S/C11H15N5S/c1-3-12-11-13-5-4-10(16-11)14-6-9-7-17-8(2)15-9/h4-5,7H,3,6H2,1-2H3,(H2,12,13,14,16). The summed E-state index contributed by atoms with van der Waals surface area (Å²) in [5.74, 6) is 1.45. The second kappa shape index (κ2) is 5.58. The SMILES string of the molecule is CCNc1nccc(NCc2csc(C)n2)n1. The minimum atomic E-state index is 0.645. The van der Waals surface area contributed by atoms with E-state index in [-0.39, 0.29) is 0 Å². The lowest BCUT2D eigenvalue weighted by molar-refractivity contribution is 1.02. The van der Waals surface area contributed by atoms with Crippen molar-refractivity contribution >= 4 is 23.1 Å². The molecular formula is C11H15N5S. The molecule has 90 valence electrons. The van der Waals surface area contributed by atoms with Gasteiger partial charge >= 0.3 is 0 Å². The number of aromatic nitrogens is 3. The van der Waals surface area contributed by atoms with Crippen LogP contribution in [0.2, 0.25) is 0 Å². The van der Waals surface area contributed by atoms with Gasteiger partial charge in [-0.3, -0.25) is 0 Å². The first kappa shape index (κ1) is 11.8. The summed E-state index contributed by atoms with van der Waals surface area (Å²) in [6, 6.07) is 1.85. The van der Waals surface area contributed by atoms with E-state index in [1.807, 2.05) is 19.9 Å². The van der Waals surface area contributed by atoms with Crippen molar-refractivity contribution in [2.75, 3.05) is 17.2 Å². The first-order valence-corrected chi connectivity index (χ1v) is 6.37.